The topological polar surface area (TPSA) is 179 Å². The molecular weight excluding hydrogens is 348 g/mol. The third-order valence-electron chi connectivity index (χ3n) is 4.17. The highest BCUT2D eigenvalue weighted by molar-refractivity contribution is 5.86. The molecule has 0 aromatic rings. The Bertz CT molecular complexity index is 327. The normalized spacial score (nSPS) is 10.9. The average Bonchev–Trinajstić information content (AvgIpc) is 2.66. The second-order valence-corrected chi connectivity index (χ2v) is 6.39. The summed E-state index contributed by atoms with van der Waals surface area (Å²) in [5.74, 6) is -0.829. The Hall–Kier alpha value is -1.07. The van der Waals surface area contributed by atoms with Crippen LogP contribution in [0, 0.1) is 10.8 Å². The van der Waals surface area contributed by atoms with Crippen LogP contribution in [-0.2, 0) is 4.79 Å². The van der Waals surface area contributed by atoms with Gasteiger partial charge in [0.15, 0.2) is 0 Å². The van der Waals surface area contributed by atoms with Gasteiger partial charge in [-0.05, 0) is 27.2 Å². The minimum atomic E-state index is -1.11. The van der Waals surface area contributed by atoms with Crippen LogP contribution < -0.4 is 0 Å². The monoisotopic (exact) mass is 384 g/mol. The third-order valence-corrected chi connectivity index (χ3v) is 4.17. The first-order valence-corrected chi connectivity index (χ1v) is 8.18. The number of aliphatic hydroxyl groups is 7. The van der Waals surface area contributed by atoms with E-state index < -0.39 is 43.2 Å². The van der Waals surface area contributed by atoms with Gasteiger partial charge >= 0.3 is 5.97 Å². The highest BCUT2D eigenvalue weighted by Crippen LogP contribution is 2.18. The molecule has 0 radical (unpaired) electrons. The summed E-state index contributed by atoms with van der Waals surface area (Å²) < 4.78 is 0. The van der Waals surface area contributed by atoms with Gasteiger partial charge in [0.2, 0.25) is 0 Å². The largest absolute Gasteiger partial charge is 0.478 e. The molecule has 0 amide bonds. The summed E-state index contributed by atoms with van der Waals surface area (Å²) in [5, 5.41) is 68.3. The second-order valence-electron chi connectivity index (χ2n) is 6.39. The number of aliphatic hydroxyl groups excluding tert-OH is 7. The number of aliphatic carboxylic acids is 1. The van der Waals surface area contributed by atoms with Crippen molar-refractivity contribution in [2.24, 2.45) is 10.8 Å². The molecule has 0 bridgehead atoms. The molecule has 0 aliphatic heterocycles. The van der Waals surface area contributed by atoms with E-state index in [0.29, 0.717) is 12.0 Å². The van der Waals surface area contributed by atoms with Crippen molar-refractivity contribution in [1.29, 1.82) is 0 Å². The van der Waals surface area contributed by atoms with Crippen LogP contribution in [0.2, 0.25) is 0 Å². The Morgan fingerprint density at radius 2 is 0.923 bits per heavy atom. The van der Waals surface area contributed by atoms with Gasteiger partial charge in [-0.1, -0.05) is 12.5 Å². The van der Waals surface area contributed by atoms with Crippen molar-refractivity contribution >= 4 is 5.97 Å². The summed E-state index contributed by atoms with van der Waals surface area (Å²) in [4.78, 5) is 10.1. The number of hydrogen-bond acceptors (Lipinski definition) is 8. The minimum absolute atomic E-state index is 0.156. The van der Waals surface area contributed by atoms with Gasteiger partial charge in [0.25, 0.3) is 0 Å². The molecule has 0 spiro atoms. The molecule has 8 N–H and O–H groups in total. The van der Waals surface area contributed by atoms with Crippen molar-refractivity contribution in [2.45, 2.75) is 34.1 Å². The fraction of sp³-hybridized carbons (Fsp3) is 0.824. The zero-order valence-corrected chi connectivity index (χ0v) is 16.1. The lowest BCUT2D eigenvalue weighted by Crippen LogP contribution is -2.37. The summed E-state index contributed by atoms with van der Waals surface area (Å²) in [5.41, 5.74) is -0.484. The van der Waals surface area contributed by atoms with Crippen LogP contribution >= 0.6 is 0 Å². The lowest BCUT2D eigenvalue weighted by atomic mass is 9.88. The molecule has 0 aromatic carbocycles. The molecule has 0 aliphatic rings. The maximum atomic E-state index is 10.1. The van der Waals surface area contributed by atoms with E-state index in [-0.39, 0.29) is 19.8 Å². The number of hydrogen-bond donors (Lipinski definition) is 8. The standard InChI is InChI=1S/C6H14O3.C6H10O2.C5H12O4/c1-2-6(3-7,4-8)5-9;1-4(2)5(3)6(7)8;6-1-5(2-7,3-8)4-9/h7-9H,2-5H2,1H3;1-3H3,(H,7,8);6-9H,1-4H2. The van der Waals surface area contributed by atoms with Gasteiger partial charge in [-0.15, -0.1) is 0 Å². The molecule has 0 saturated carbocycles. The van der Waals surface area contributed by atoms with Crippen LogP contribution in [-0.4, -0.2) is 93.1 Å². The quantitative estimate of drug-likeness (QED) is 0.225. The van der Waals surface area contributed by atoms with Crippen molar-refractivity contribution < 1.29 is 45.6 Å². The predicted octanol–water partition coefficient (Wildman–Crippen LogP) is -1.27. The van der Waals surface area contributed by atoms with Crippen LogP contribution in [0.5, 0.6) is 0 Å². The van der Waals surface area contributed by atoms with Crippen LogP contribution in [0.3, 0.4) is 0 Å². The van der Waals surface area contributed by atoms with Gasteiger partial charge in [-0.2, -0.15) is 0 Å². The number of carbonyl (C=O) groups is 1. The first-order valence-electron chi connectivity index (χ1n) is 8.18. The Morgan fingerprint density at radius 1 is 0.654 bits per heavy atom. The molecule has 158 valence electrons. The summed E-state index contributed by atoms with van der Waals surface area (Å²) in [6, 6.07) is 0. The van der Waals surface area contributed by atoms with Gasteiger partial charge in [-0.3, -0.25) is 0 Å². The first-order chi connectivity index (χ1) is 12.0. The van der Waals surface area contributed by atoms with Crippen molar-refractivity contribution in [3.8, 4) is 0 Å². The lowest BCUT2D eigenvalue weighted by Gasteiger charge is -2.24. The van der Waals surface area contributed by atoms with Crippen molar-refractivity contribution in [1.82, 2.24) is 0 Å². The van der Waals surface area contributed by atoms with E-state index in [1.54, 1.807) is 20.8 Å². The number of carboxylic acid groups (broad SMARTS) is 1. The van der Waals surface area contributed by atoms with Gasteiger partial charge in [-0.25, -0.2) is 4.79 Å². The fourth-order valence-corrected chi connectivity index (χ4v) is 0.999. The maximum absolute atomic E-state index is 10.1. The predicted molar refractivity (Wildman–Crippen MR) is 96.4 cm³/mol. The summed E-state index contributed by atoms with van der Waals surface area (Å²) >= 11 is 0. The SMILES string of the molecule is CC(C)=C(C)C(=O)O.CCC(CO)(CO)CO.OCC(CO)(CO)CO. The second kappa shape index (κ2) is 16.1. The molecule has 0 aliphatic carbocycles. The summed E-state index contributed by atoms with van der Waals surface area (Å²) in [6.45, 7) is 4.89. The zero-order valence-electron chi connectivity index (χ0n) is 16.1. The van der Waals surface area contributed by atoms with Crippen LogP contribution in [0.25, 0.3) is 0 Å². The zero-order chi connectivity index (χ0) is 21.4. The molecule has 0 fully saturated rings. The smallest absolute Gasteiger partial charge is 0.331 e. The highest BCUT2D eigenvalue weighted by Gasteiger charge is 2.26. The molecular formula is C17H36O9. The van der Waals surface area contributed by atoms with Gasteiger partial charge < -0.3 is 40.9 Å². The van der Waals surface area contributed by atoms with E-state index in [1.807, 2.05) is 6.92 Å². The molecule has 0 aromatic heterocycles. The van der Waals surface area contributed by atoms with Crippen molar-refractivity contribution in [3.05, 3.63) is 11.1 Å². The van der Waals surface area contributed by atoms with Crippen LogP contribution in [0.15, 0.2) is 11.1 Å². The van der Waals surface area contributed by atoms with E-state index >= 15 is 0 Å². The molecule has 9 nitrogen and oxygen atoms in total. The van der Waals surface area contributed by atoms with Crippen LogP contribution in [0.1, 0.15) is 34.1 Å². The Labute approximate surface area is 154 Å². The molecule has 0 rings (SSSR count). The molecule has 0 unspecified atom stereocenters. The molecule has 9 heteroatoms. The van der Waals surface area contributed by atoms with E-state index in [4.69, 9.17) is 40.9 Å². The van der Waals surface area contributed by atoms with E-state index in [1.165, 1.54) is 0 Å². The molecule has 0 heterocycles. The van der Waals surface area contributed by atoms with Gasteiger partial charge in [0.05, 0.1) is 51.7 Å². The van der Waals surface area contributed by atoms with Gasteiger partial charge in [0, 0.05) is 11.0 Å². The average molecular weight is 384 g/mol. The molecule has 0 atom stereocenters. The fourth-order valence-electron chi connectivity index (χ4n) is 0.999. The summed E-state index contributed by atoms with van der Waals surface area (Å²) in [7, 11) is 0. The van der Waals surface area contributed by atoms with Gasteiger partial charge in [0.1, 0.15) is 0 Å². The number of rotatable bonds is 9. The van der Waals surface area contributed by atoms with Crippen molar-refractivity contribution in [3.63, 3.8) is 0 Å². The minimum Gasteiger partial charge on any atom is -0.478 e. The molecule has 26 heavy (non-hydrogen) atoms. The van der Waals surface area contributed by atoms with E-state index in [9.17, 15) is 4.79 Å². The van der Waals surface area contributed by atoms with E-state index in [2.05, 4.69) is 0 Å². The Morgan fingerprint density at radius 3 is 0.923 bits per heavy atom. The number of carboxylic acids is 1. The summed E-state index contributed by atoms with van der Waals surface area (Å²) in [6.07, 6.45) is 0.594. The third kappa shape index (κ3) is 11.5. The number of allylic oxidation sites excluding steroid dienone is 1. The molecule has 0 saturated heterocycles. The maximum Gasteiger partial charge on any atom is 0.331 e. The highest BCUT2D eigenvalue weighted by atomic mass is 16.4. The lowest BCUT2D eigenvalue weighted by molar-refractivity contribution is -0.132. The Kier molecular flexibility index (Phi) is 18.4. The first kappa shape index (κ1) is 29.7. The Balaban J connectivity index is -0.000000306. The van der Waals surface area contributed by atoms with Crippen LogP contribution in [0.4, 0.5) is 0 Å². The van der Waals surface area contributed by atoms with E-state index in [0.717, 1.165) is 5.57 Å². The van der Waals surface area contributed by atoms with Crippen molar-refractivity contribution in [2.75, 3.05) is 46.2 Å².